The van der Waals surface area contributed by atoms with Crippen LogP contribution in [0, 0.1) is 45.4 Å². The first-order valence-electron chi connectivity index (χ1n) is 11.1. The fraction of sp³-hybridized carbons (Fsp3) is 0.429. The largest absolute Gasteiger partial charge is 0.481 e. The van der Waals surface area contributed by atoms with Gasteiger partial charge in [-0.2, -0.15) is 0 Å². The third kappa shape index (κ3) is 8.33. The van der Waals surface area contributed by atoms with Crippen LogP contribution in [0.3, 0.4) is 0 Å². The summed E-state index contributed by atoms with van der Waals surface area (Å²) in [5.41, 5.74) is 7.40. The minimum absolute atomic E-state index is 0.0270. The van der Waals surface area contributed by atoms with E-state index in [0.717, 1.165) is 11.1 Å². The van der Waals surface area contributed by atoms with Crippen molar-refractivity contribution >= 4 is 18.0 Å². The maximum absolute atomic E-state index is 11.1. The molecule has 0 saturated heterocycles. The number of rotatable bonds is 7. The van der Waals surface area contributed by atoms with E-state index in [-0.39, 0.29) is 17.8 Å². The molecule has 1 atom stereocenters. The van der Waals surface area contributed by atoms with E-state index in [1.165, 1.54) is 22.3 Å². The lowest BCUT2D eigenvalue weighted by molar-refractivity contribution is -0.143. The van der Waals surface area contributed by atoms with Crippen LogP contribution < -0.4 is 0 Å². The third-order valence-corrected chi connectivity index (χ3v) is 5.87. The van der Waals surface area contributed by atoms with Crippen LogP contribution in [0.25, 0.3) is 6.08 Å². The average molecular weight is 439 g/mol. The van der Waals surface area contributed by atoms with E-state index in [9.17, 15) is 9.59 Å². The molecule has 32 heavy (non-hydrogen) atoms. The zero-order chi connectivity index (χ0) is 24.6. The summed E-state index contributed by atoms with van der Waals surface area (Å²) in [4.78, 5) is 22.1. The minimum Gasteiger partial charge on any atom is -0.481 e. The number of carboxylic acids is 2. The Labute approximate surface area is 193 Å². The Hall–Kier alpha value is -2.88. The quantitative estimate of drug-likeness (QED) is 0.476. The normalized spacial score (nSPS) is 12.4. The standard InChI is InChI=1S/C14H20O2.C14H18O2/c2*1-9(2)13(14(15)16)8-12-6-5-10(3)11(4)7-12/h5-7,9,13H,8H2,1-4H3,(H,15,16);5-9H,1-4H3,(H,15,16)/b;13-8+/t13-;/m1./s1. The molecule has 0 aliphatic heterocycles. The molecular weight excluding hydrogens is 400 g/mol. The summed E-state index contributed by atoms with van der Waals surface area (Å²) in [6, 6.07) is 12.2. The molecule has 0 amide bonds. The molecule has 174 valence electrons. The second-order valence-corrected chi connectivity index (χ2v) is 9.21. The topological polar surface area (TPSA) is 74.6 Å². The summed E-state index contributed by atoms with van der Waals surface area (Å²) in [7, 11) is 0. The van der Waals surface area contributed by atoms with Crippen LogP contribution in [0.5, 0.6) is 0 Å². The molecular formula is C28H38O4. The summed E-state index contributed by atoms with van der Waals surface area (Å²) in [5, 5.41) is 18.2. The Balaban J connectivity index is 0.000000320. The van der Waals surface area contributed by atoms with Crippen LogP contribution in [-0.2, 0) is 16.0 Å². The molecule has 0 aromatic heterocycles. The molecule has 0 aliphatic carbocycles. The van der Waals surface area contributed by atoms with Crippen molar-refractivity contribution in [2.75, 3.05) is 0 Å². The van der Waals surface area contributed by atoms with Gasteiger partial charge in [0, 0.05) is 5.57 Å². The second-order valence-electron chi connectivity index (χ2n) is 9.21. The minimum atomic E-state index is -0.840. The van der Waals surface area contributed by atoms with Gasteiger partial charge in [0.05, 0.1) is 5.92 Å². The van der Waals surface area contributed by atoms with Gasteiger partial charge in [-0.3, -0.25) is 4.79 Å². The smallest absolute Gasteiger partial charge is 0.331 e. The molecule has 0 fully saturated rings. The summed E-state index contributed by atoms with van der Waals surface area (Å²) >= 11 is 0. The van der Waals surface area contributed by atoms with E-state index in [2.05, 4.69) is 26.0 Å². The fourth-order valence-electron chi connectivity index (χ4n) is 3.30. The monoisotopic (exact) mass is 438 g/mol. The predicted molar refractivity (Wildman–Crippen MR) is 132 cm³/mol. The van der Waals surface area contributed by atoms with E-state index in [4.69, 9.17) is 10.2 Å². The van der Waals surface area contributed by atoms with Crippen molar-refractivity contribution in [3.05, 3.63) is 75.4 Å². The van der Waals surface area contributed by atoms with E-state index >= 15 is 0 Å². The van der Waals surface area contributed by atoms with Gasteiger partial charge in [-0.25, -0.2) is 4.79 Å². The van der Waals surface area contributed by atoms with Gasteiger partial charge in [0.25, 0.3) is 0 Å². The van der Waals surface area contributed by atoms with Gasteiger partial charge in [0.15, 0.2) is 0 Å². The Kier molecular flexibility index (Phi) is 10.4. The highest BCUT2D eigenvalue weighted by Crippen LogP contribution is 2.20. The highest BCUT2D eigenvalue weighted by atomic mass is 16.4. The summed E-state index contributed by atoms with van der Waals surface area (Å²) in [5.74, 6) is -1.64. The van der Waals surface area contributed by atoms with E-state index < -0.39 is 11.9 Å². The number of benzene rings is 2. The third-order valence-electron chi connectivity index (χ3n) is 5.87. The van der Waals surface area contributed by atoms with Gasteiger partial charge < -0.3 is 10.2 Å². The van der Waals surface area contributed by atoms with Crippen molar-refractivity contribution in [3.63, 3.8) is 0 Å². The maximum atomic E-state index is 11.1. The summed E-state index contributed by atoms with van der Waals surface area (Å²) in [6.07, 6.45) is 2.37. The first kappa shape index (κ1) is 27.2. The highest BCUT2D eigenvalue weighted by molar-refractivity contribution is 5.92. The lowest BCUT2D eigenvalue weighted by Crippen LogP contribution is -2.22. The molecule has 2 aromatic carbocycles. The molecule has 0 saturated carbocycles. The molecule has 0 radical (unpaired) electrons. The van der Waals surface area contributed by atoms with Crippen LogP contribution in [-0.4, -0.2) is 22.2 Å². The Morgan fingerprint density at radius 2 is 1.34 bits per heavy atom. The van der Waals surface area contributed by atoms with Gasteiger partial charge >= 0.3 is 11.9 Å². The van der Waals surface area contributed by atoms with Crippen molar-refractivity contribution in [1.82, 2.24) is 0 Å². The molecule has 2 rings (SSSR count). The molecule has 0 spiro atoms. The molecule has 0 bridgehead atoms. The van der Waals surface area contributed by atoms with Gasteiger partial charge in [-0.05, 0) is 85.4 Å². The van der Waals surface area contributed by atoms with Crippen LogP contribution in [0.15, 0.2) is 42.0 Å². The number of aryl methyl sites for hydroxylation is 4. The number of carbonyl (C=O) groups is 2. The molecule has 0 unspecified atom stereocenters. The van der Waals surface area contributed by atoms with Crippen molar-refractivity contribution in [2.24, 2.45) is 17.8 Å². The summed E-state index contributed by atoms with van der Waals surface area (Å²) in [6.45, 7) is 15.9. The lowest BCUT2D eigenvalue weighted by atomic mass is 9.88. The van der Waals surface area contributed by atoms with Crippen molar-refractivity contribution in [2.45, 2.75) is 61.8 Å². The van der Waals surface area contributed by atoms with E-state index in [1.807, 2.05) is 65.8 Å². The number of aliphatic carboxylic acids is 2. The van der Waals surface area contributed by atoms with Crippen LogP contribution >= 0.6 is 0 Å². The van der Waals surface area contributed by atoms with E-state index in [0.29, 0.717) is 12.0 Å². The average Bonchev–Trinajstić information content (AvgIpc) is 2.69. The Morgan fingerprint density at radius 1 is 0.812 bits per heavy atom. The lowest BCUT2D eigenvalue weighted by Gasteiger charge is -2.16. The van der Waals surface area contributed by atoms with Crippen molar-refractivity contribution < 1.29 is 19.8 Å². The highest BCUT2D eigenvalue weighted by Gasteiger charge is 2.21. The van der Waals surface area contributed by atoms with Crippen LogP contribution in [0.4, 0.5) is 0 Å². The van der Waals surface area contributed by atoms with Crippen molar-refractivity contribution in [1.29, 1.82) is 0 Å². The first-order chi connectivity index (χ1) is 14.8. The van der Waals surface area contributed by atoms with Gasteiger partial charge in [0.2, 0.25) is 0 Å². The molecule has 4 heteroatoms. The number of carboxylic acid groups (broad SMARTS) is 2. The van der Waals surface area contributed by atoms with E-state index in [1.54, 1.807) is 6.08 Å². The van der Waals surface area contributed by atoms with Crippen LogP contribution in [0.1, 0.15) is 61.1 Å². The molecule has 0 heterocycles. The number of hydrogen-bond acceptors (Lipinski definition) is 2. The predicted octanol–water partition coefficient (Wildman–Crippen LogP) is 6.63. The maximum Gasteiger partial charge on any atom is 0.331 e. The second kappa shape index (κ2) is 12.2. The zero-order valence-corrected chi connectivity index (χ0v) is 20.7. The molecule has 2 N–H and O–H groups in total. The molecule has 4 nitrogen and oxygen atoms in total. The van der Waals surface area contributed by atoms with Gasteiger partial charge in [-0.15, -0.1) is 0 Å². The zero-order valence-electron chi connectivity index (χ0n) is 20.7. The fourth-order valence-corrected chi connectivity index (χ4v) is 3.30. The Morgan fingerprint density at radius 3 is 1.75 bits per heavy atom. The number of hydrogen-bond donors (Lipinski definition) is 2. The SMILES string of the molecule is Cc1ccc(/C=C(/C(=O)O)C(C)C)cc1C.Cc1ccc(C[C@@H](C(=O)O)C(C)C)cc1C. The summed E-state index contributed by atoms with van der Waals surface area (Å²) < 4.78 is 0. The van der Waals surface area contributed by atoms with Gasteiger partial charge in [-0.1, -0.05) is 64.1 Å². The first-order valence-corrected chi connectivity index (χ1v) is 11.1. The van der Waals surface area contributed by atoms with Gasteiger partial charge in [0.1, 0.15) is 0 Å². The van der Waals surface area contributed by atoms with Crippen molar-refractivity contribution in [3.8, 4) is 0 Å². The Bertz CT molecular complexity index is 967. The molecule has 0 aliphatic rings. The van der Waals surface area contributed by atoms with Crippen LogP contribution in [0.2, 0.25) is 0 Å². The molecule has 2 aromatic rings.